The monoisotopic (exact) mass is 230 g/mol. The third-order valence-electron chi connectivity index (χ3n) is 3.96. The fourth-order valence-corrected chi connectivity index (χ4v) is 3.25. The zero-order valence-corrected chi connectivity index (χ0v) is 11.2. The molecule has 1 fully saturated rings. The summed E-state index contributed by atoms with van der Waals surface area (Å²) in [4.78, 5) is 0. The second kappa shape index (κ2) is 7.54. The van der Waals surface area contributed by atoms with Gasteiger partial charge in [0.15, 0.2) is 0 Å². The lowest BCUT2D eigenvalue weighted by atomic mass is 9.78. The van der Waals surface area contributed by atoms with Crippen LogP contribution in [0.4, 0.5) is 0 Å². The summed E-state index contributed by atoms with van der Waals surface area (Å²) in [7, 11) is 0. The van der Waals surface area contributed by atoms with Crippen LogP contribution in [-0.2, 0) is 0 Å². The van der Waals surface area contributed by atoms with Crippen molar-refractivity contribution < 1.29 is 0 Å². The highest BCUT2D eigenvalue weighted by molar-refractivity contribution is 6.20. The number of hydrogen-bond acceptors (Lipinski definition) is 0. The van der Waals surface area contributed by atoms with Crippen LogP contribution in [0.15, 0.2) is 0 Å². The summed E-state index contributed by atoms with van der Waals surface area (Å²) in [5, 5.41) is 0.442. The van der Waals surface area contributed by atoms with E-state index in [0.29, 0.717) is 5.38 Å². The summed E-state index contributed by atoms with van der Waals surface area (Å²) >= 11 is 6.27. The lowest BCUT2D eigenvalue weighted by molar-refractivity contribution is 0.245. The summed E-state index contributed by atoms with van der Waals surface area (Å²) in [5.41, 5.74) is 0. The van der Waals surface area contributed by atoms with Crippen molar-refractivity contribution in [3.05, 3.63) is 0 Å². The molecule has 1 rings (SSSR count). The number of hydrogen-bond donors (Lipinski definition) is 0. The number of halogens is 1. The van der Waals surface area contributed by atoms with E-state index in [9.17, 15) is 0 Å². The Hall–Kier alpha value is 0.290. The van der Waals surface area contributed by atoms with Crippen molar-refractivity contribution in [2.75, 3.05) is 0 Å². The predicted octanol–water partition coefficient (Wildman–Crippen LogP) is 5.39. The summed E-state index contributed by atoms with van der Waals surface area (Å²) in [6.07, 6.45) is 12.3. The van der Waals surface area contributed by atoms with Crippen molar-refractivity contribution in [3.8, 4) is 0 Å². The van der Waals surface area contributed by atoms with Crippen LogP contribution in [0.2, 0.25) is 0 Å². The third-order valence-corrected chi connectivity index (χ3v) is 4.40. The molecule has 3 unspecified atom stereocenters. The Morgan fingerprint density at radius 3 is 2.53 bits per heavy atom. The van der Waals surface area contributed by atoms with Gasteiger partial charge in [0.2, 0.25) is 0 Å². The Morgan fingerprint density at radius 1 is 1.13 bits per heavy atom. The van der Waals surface area contributed by atoms with Gasteiger partial charge in [0.1, 0.15) is 0 Å². The van der Waals surface area contributed by atoms with E-state index in [1.54, 1.807) is 0 Å². The number of alkyl halides is 1. The van der Waals surface area contributed by atoms with Crippen molar-refractivity contribution in [2.24, 2.45) is 11.8 Å². The highest BCUT2D eigenvalue weighted by Gasteiger charge is 2.21. The first kappa shape index (κ1) is 13.4. The molecule has 0 N–H and O–H groups in total. The zero-order valence-electron chi connectivity index (χ0n) is 10.5. The van der Waals surface area contributed by atoms with E-state index >= 15 is 0 Å². The molecule has 0 saturated heterocycles. The third kappa shape index (κ3) is 5.24. The van der Waals surface area contributed by atoms with Crippen LogP contribution in [0.1, 0.15) is 71.6 Å². The standard InChI is InChI=1S/C14H27Cl/c1-3-6-14(15)10-9-13-8-5-7-12(4-2)11-13/h12-14H,3-11H2,1-2H3. The SMILES string of the molecule is CCCC(Cl)CCC1CCCC(CC)C1. The summed E-state index contributed by atoms with van der Waals surface area (Å²) < 4.78 is 0. The molecule has 0 radical (unpaired) electrons. The highest BCUT2D eigenvalue weighted by atomic mass is 35.5. The van der Waals surface area contributed by atoms with Crippen LogP contribution in [0.25, 0.3) is 0 Å². The molecular formula is C14H27Cl. The minimum Gasteiger partial charge on any atom is -0.123 e. The van der Waals surface area contributed by atoms with E-state index in [4.69, 9.17) is 11.6 Å². The van der Waals surface area contributed by atoms with Gasteiger partial charge in [-0.2, -0.15) is 0 Å². The second-order valence-electron chi connectivity index (χ2n) is 5.27. The Morgan fingerprint density at radius 2 is 1.87 bits per heavy atom. The predicted molar refractivity (Wildman–Crippen MR) is 69.5 cm³/mol. The van der Waals surface area contributed by atoms with Gasteiger partial charge in [0, 0.05) is 5.38 Å². The molecule has 0 aliphatic heterocycles. The quantitative estimate of drug-likeness (QED) is 0.537. The molecule has 90 valence electrons. The summed E-state index contributed by atoms with van der Waals surface area (Å²) in [5.74, 6) is 2.01. The average molecular weight is 231 g/mol. The average Bonchev–Trinajstić information content (AvgIpc) is 2.27. The Kier molecular flexibility index (Phi) is 6.72. The van der Waals surface area contributed by atoms with Crippen LogP contribution in [0.3, 0.4) is 0 Å². The molecule has 1 saturated carbocycles. The highest BCUT2D eigenvalue weighted by Crippen LogP contribution is 2.34. The molecule has 1 heteroatoms. The Balaban J connectivity index is 2.14. The summed E-state index contributed by atoms with van der Waals surface area (Å²) in [6, 6.07) is 0. The van der Waals surface area contributed by atoms with Crippen LogP contribution in [0.5, 0.6) is 0 Å². The van der Waals surface area contributed by atoms with Crippen LogP contribution >= 0.6 is 11.6 Å². The van der Waals surface area contributed by atoms with Gasteiger partial charge in [0.05, 0.1) is 0 Å². The van der Waals surface area contributed by atoms with Gasteiger partial charge in [-0.3, -0.25) is 0 Å². The van der Waals surface area contributed by atoms with Gasteiger partial charge in [-0.1, -0.05) is 46.0 Å². The van der Waals surface area contributed by atoms with E-state index in [1.807, 2.05) is 0 Å². The fourth-order valence-electron chi connectivity index (χ4n) is 2.91. The van der Waals surface area contributed by atoms with E-state index in [0.717, 1.165) is 11.8 Å². The maximum Gasteiger partial charge on any atom is 0.0336 e. The van der Waals surface area contributed by atoms with Gasteiger partial charge < -0.3 is 0 Å². The van der Waals surface area contributed by atoms with Crippen molar-refractivity contribution in [3.63, 3.8) is 0 Å². The molecule has 0 aromatic carbocycles. The van der Waals surface area contributed by atoms with Gasteiger partial charge in [-0.25, -0.2) is 0 Å². The Bertz CT molecular complexity index is 155. The second-order valence-corrected chi connectivity index (χ2v) is 5.89. The lowest BCUT2D eigenvalue weighted by Gasteiger charge is -2.28. The first-order valence-corrected chi connectivity index (χ1v) is 7.33. The minimum atomic E-state index is 0.442. The van der Waals surface area contributed by atoms with E-state index in [1.165, 1.54) is 57.8 Å². The first-order valence-electron chi connectivity index (χ1n) is 6.90. The fraction of sp³-hybridized carbons (Fsp3) is 1.00. The molecule has 0 heterocycles. The number of rotatable bonds is 6. The molecular weight excluding hydrogens is 204 g/mol. The van der Waals surface area contributed by atoms with Gasteiger partial charge in [-0.05, 0) is 37.5 Å². The maximum absolute atomic E-state index is 6.27. The van der Waals surface area contributed by atoms with E-state index < -0.39 is 0 Å². The van der Waals surface area contributed by atoms with Gasteiger partial charge >= 0.3 is 0 Å². The molecule has 0 nitrogen and oxygen atoms in total. The molecule has 0 aromatic rings. The molecule has 0 bridgehead atoms. The maximum atomic E-state index is 6.27. The van der Waals surface area contributed by atoms with Crippen LogP contribution in [0, 0.1) is 11.8 Å². The summed E-state index contributed by atoms with van der Waals surface area (Å²) in [6.45, 7) is 4.57. The van der Waals surface area contributed by atoms with Crippen molar-refractivity contribution in [1.82, 2.24) is 0 Å². The van der Waals surface area contributed by atoms with Gasteiger partial charge in [-0.15, -0.1) is 11.6 Å². The van der Waals surface area contributed by atoms with Gasteiger partial charge in [0.25, 0.3) is 0 Å². The molecule has 0 spiro atoms. The lowest BCUT2D eigenvalue weighted by Crippen LogP contribution is -2.16. The topological polar surface area (TPSA) is 0 Å². The van der Waals surface area contributed by atoms with Crippen molar-refractivity contribution in [2.45, 2.75) is 77.0 Å². The van der Waals surface area contributed by atoms with E-state index in [-0.39, 0.29) is 0 Å². The smallest absolute Gasteiger partial charge is 0.0336 e. The molecule has 0 aromatic heterocycles. The van der Waals surface area contributed by atoms with E-state index in [2.05, 4.69) is 13.8 Å². The first-order chi connectivity index (χ1) is 7.26. The zero-order chi connectivity index (χ0) is 11.1. The Labute approximate surface area is 101 Å². The largest absolute Gasteiger partial charge is 0.123 e. The normalized spacial score (nSPS) is 29.0. The van der Waals surface area contributed by atoms with Crippen molar-refractivity contribution >= 4 is 11.6 Å². The molecule has 1 aliphatic carbocycles. The molecule has 0 amide bonds. The van der Waals surface area contributed by atoms with Crippen LogP contribution < -0.4 is 0 Å². The minimum absolute atomic E-state index is 0.442. The molecule has 15 heavy (non-hydrogen) atoms. The molecule has 3 atom stereocenters. The van der Waals surface area contributed by atoms with Crippen LogP contribution in [-0.4, -0.2) is 5.38 Å². The molecule has 1 aliphatic rings. The van der Waals surface area contributed by atoms with Crippen molar-refractivity contribution in [1.29, 1.82) is 0 Å².